The summed E-state index contributed by atoms with van der Waals surface area (Å²) in [4.78, 5) is 7.87. The minimum Gasteiger partial charge on any atom is -0.398 e. The fourth-order valence-electron chi connectivity index (χ4n) is 1.94. The van der Waals surface area contributed by atoms with Crippen LogP contribution in [0.25, 0.3) is 0 Å². The van der Waals surface area contributed by atoms with Gasteiger partial charge in [0.1, 0.15) is 0 Å². The van der Waals surface area contributed by atoms with Crippen LogP contribution in [-0.4, -0.2) is 16.9 Å². The van der Waals surface area contributed by atoms with Gasteiger partial charge < -0.3 is 5.73 Å². The van der Waals surface area contributed by atoms with E-state index in [2.05, 4.69) is 36.8 Å². The van der Waals surface area contributed by atoms with Crippen molar-refractivity contribution >= 4 is 17.0 Å². The van der Waals surface area contributed by atoms with Gasteiger partial charge in [0.25, 0.3) is 0 Å². The molecule has 0 saturated carbocycles. The number of aromatic nitrogens is 1. The largest absolute Gasteiger partial charge is 0.398 e. The molecule has 18 heavy (non-hydrogen) atoms. The first kappa shape index (κ1) is 13.1. The van der Waals surface area contributed by atoms with Crippen LogP contribution in [0.3, 0.4) is 0 Å². The summed E-state index contributed by atoms with van der Waals surface area (Å²) in [6, 6.07) is 6.19. The van der Waals surface area contributed by atoms with E-state index >= 15 is 0 Å². The molecule has 2 rings (SSSR count). The Morgan fingerprint density at radius 1 is 1.28 bits per heavy atom. The number of rotatable bonds is 4. The Balaban J connectivity index is 2.05. The van der Waals surface area contributed by atoms with E-state index in [0.717, 1.165) is 24.5 Å². The first-order valence-corrected chi connectivity index (χ1v) is 6.86. The molecule has 0 atom stereocenters. The van der Waals surface area contributed by atoms with Gasteiger partial charge in [-0.2, -0.15) is 0 Å². The van der Waals surface area contributed by atoms with Crippen LogP contribution >= 0.6 is 11.3 Å². The van der Waals surface area contributed by atoms with E-state index in [1.54, 1.807) is 11.3 Å². The molecule has 0 aliphatic rings. The van der Waals surface area contributed by atoms with E-state index in [1.165, 1.54) is 16.0 Å². The number of nitrogen functional groups attached to an aromatic ring is 1. The Morgan fingerprint density at radius 3 is 2.72 bits per heavy atom. The van der Waals surface area contributed by atoms with Crippen molar-refractivity contribution < 1.29 is 0 Å². The predicted octanol–water partition coefficient (Wildman–Crippen LogP) is 2.97. The molecule has 1 aromatic heterocycles. The lowest BCUT2D eigenvalue weighted by Crippen LogP contribution is -2.18. The fraction of sp³-hybridized carbons (Fsp3) is 0.357. The van der Waals surface area contributed by atoms with Crippen LogP contribution in [0.5, 0.6) is 0 Å². The van der Waals surface area contributed by atoms with Crippen LogP contribution in [0, 0.1) is 13.8 Å². The number of hydrogen-bond donors (Lipinski definition) is 1. The van der Waals surface area contributed by atoms with Crippen molar-refractivity contribution in [1.82, 2.24) is 9.88 Å². The maximum atomic E-state index is 6.00. The van der Waals surface area contributed by atoms with Crippen molar-refractivity contribution in [3.63, 3.8) is 0 Å². The van der Waals surface area contributed by atoms with Crippen LogP contribution in [0.1, 0.15) is 21.7 Å². The van der Waals surface area contributed by atoms with Crippen LogP contribution in [0.4, 0.5) is 5.69 Å². The molecule has 0 bridgehead atoms. The third-order valence-electron chi connectivity index (χ3n) is 3.00. The predicted molar refractivity (Wildman–Crippen MR) is 77.6 cm³/mol. The molecular formula is C14H19N3S. The molecular weight excluding hydrogens is 242 g/mol. The normalized spacial score (nSPS) is 11.1. The Hall–Kier alpha value is -1.39. The summed E-state index contributed by atoms with van der Waals surface area (Å²) in [5.41, 5.74) is 12.4. The van der Waals surface area contributed by atoms with E-state index in [9.17, 15) is 0 Å². The van der Waals surface area contributed by atoms with Gasteiger partial charge in [-0.15, -0.1) is 11.3 Å². The molecule has 2 aromatic rings. The molecule has 0 unspecified atom stereocenters. The fourth-order valence-corrected chi connectivity index (χ4v) is 2.80. The molecule has 1 aromatic carbocycles. The maximum Gasteiger partial charge on any atom is 0.0798 e. The second-order valence-corrected chi connectivity index (χ2v) is 5.67. The third-order valence-corrected chi connectivity index (χ3v) is 3.92. The van der Waals surface area contributed by atoms with E-state index < -0.39 is 0 Å². The number of nitrogens with zero attached hydrogens (tertiary/aromatic N) is 2. The lowest BCUT2D eigenvalue weighted by molar-refractivity contribution is 0.321. The minimum absolute atomic E-state index is 0.866. The van der Waals surface area contributed by atoms with E-state index in [1.807, 2.05) is 17.6 Å². The first-order valence-electron chi connectivity index (χ1n) is 5.99. The van der Waals surface area contributed by atoms with Crippen molar-refractivity contribution in [2.24, 2.45) is 0 Å². The molecule has 1 heterocycles. The van der Waals surface area contributed by atoms with E-state index in [-0.39, 0.29) is 0 Å². The molecule has 0 radical (unpaired) electrons. The highest BCUT2D eigenvalue weighted by atomic mass is 32.1. The summed E-state index contributed by atoms with van der Waals surface area (Å²) >= 11 is 1.71. The number of nitrogens with two attached hydrogens (primary N) is 1. The smallest absolute Gasteiger partial charge is 0.0798 e. The summed E-state index contributed by atoms with van der Waals surface area (Å²) in [6.07, 6.45) is 0. The Bertz CT molecular complexity index is 534. The Morgan fingerprint density at radius 2 is 2.06 bits per heavy atom. The summed E-state index contributed by atoms with van der Waals surface area (Å²) in [5, 5.41) is 0. The average molecular weight is 261 g/mol. The lowest BCUT2D eigenvalue weighted by atomic mass is 10.1. The van der Waals surface area contributed by atoms with Gasteiger partial charge in [-0.25, -0.2) is 4.98 Å². The Kier molecular flexibility index (Phi) is 3.99. The van der Waals surface area contributed by atoms with Crippen molar-refractivity contribution in [1.29, 1.82) is 0 Å². The van der Waals surface area contributed by atoms with Gasteiger partial charge in [0.2, 0.25) is 0 Å². The highest BCUT2D eigenvalue weighted by Gasteiger charge is 2.08. The van der Waals surface area contributed by atoms with Crippen molar-refractivity contribution in [2.45, 2.75) is 26.9 Å². The zero-order chi connectivity index (χ0) is 13.1. The highest BCUT2D eigenvalue weighted by Crippen LogP contribution is 2.19. The van der Waals surface area contributed by atoms with Gasteiger partial charge >= 0.3 is 0 Å². The topological polar surface area (TPSA) is 42.1 Å². The molecule has 3 nitrogen and oxygen atoms in total. The molecule has 0 aliphatic carbocycles. The zero-order valence-corrected chi connectivity index (χ0v) is 11.9. The van der Waals surface area contributed by atoms with Crippen molar-refractivity contribution in [3.05, 3.63) is 45.4 Å². The molecule has 0 aliphatic heterocycles. The first-order chi connectivity index (χ1) is 8.56. The maximum absolute atomic E-state index is 6.00. The second kappa shape index (κ2) is 5.50. The zero-order valence-electron chi connectivity index (χ0n) is 11.1. The molecule has 0 spiro atoms. The van der Waals surface area contributed by atoms with Crippen LogP contribution < -0.4 is 5.73 Å². The Labute approximate surface area is 112 Å². The SMILES string of the molecule is Cc1ccc(N)c(CN(C)Cc2scnc2C)c1. The molecule has 0 amide bonds. The molecule has 2 N–H and O–H groups in total. The lowest BCUT2D eigenvalue weighted by Gasteiger charge is -2.17. The van der Waals surface area contributed by atoms with Gasteiger partial charge in [-0.1, -0.05) is 17.7 Å². The minimum atomic E-state index is 0.866. The second-order valence-electron chi connectivity index (χ2n) is 4.74. The monoisotopic (exact) mass is 261 g/mol. The summed E-state index contributed by atoms with van der Waals surface area (Å²) in [6.45, 7) is 5.94. The van der Waals surface area contributed by atoms with Gasteiger partial charge in [0.15, 0.2) is 0 Å². The summed E-state index contributed by atoms with van der Waals surface area (Å²) < 4.78 is 0. The van der Waals surface area contributed by atoms with Crippen LogP contribution in [0.2, 0.25) is 0 Å². The quantitative estimate of drug-likeness (QED) is 0.860. The summed E-state index contributed by atoms with van der Waals surface area (Å²) in [5.74, 6) is 0. The standard InChI is InChI=1S/C14H19N3S/c1-10-4-5-13(15)12(6-10)7-17(3)8-14-11(2)16-9-18-14/h4-6,9H,7-8,15H2,1-3H3. The number of thiazole rings is 1. The third kappa shape index (κ3) is 3.09. The molecule has 96 valence electrons. The van der Waals surface area contributed by atoms with Crippen LogP contribution in [0.15, 0.2) is 23.7 Å². The molecule has 0 fully saturated rings. The van der Waals surface area contributed by atoms with Crippen LogP contribution in [-0.2, 0) is 13.1 Å². The molecule has 0 saturated heterocycles. The van der Waals surface area contributed by atoms with E-state index in [4.69, 9.17) is 5.73 Å². The molecule has 4 heteroatoms. The van der Waals surface area contributed by atoms with Crippen molar-refractivity contribution in [2.75, 3.05) is 12.8 Å². The van der Waals surface area contributed by atoms with Crippen molar-refractivity contribution in [3.8, 4) is 0 Å². The highest BCUT2D eigenvalue weighted by molar-refractivity contribution is 7.09. The average Bonchev–Trinajstić information content (AvgIpc) is 2.70. The van der Waals surface area contributed by atoms with Gasteiger partial charge in [-0.05, 0) is 32.5 Å². The number of benzene rings is 1. The van der Waals surface area contributed by atoms with Gasteiger partial charge in [0, 0.05) is 23.7 Å². The van der Waals surface area contributed by atoms with Gasteiger partial charge in [-0.3, -0.25) is 4.90 Å². The number of aryl methyl sites for hydroxylation is 2. The van der Waals surface area contributed by atoms with E-state index in [0.29, 0.717) is 0 Å². The number of hydrogen-bond acceptors (Lipinski definition) is 4. The van der Waals surface area contributed by atoms with Gasteiger partial charge in [0.05, 0.1) is 11.2 Å². The number of anilines is 1. The summed E-state index contributed by atoms with van der Waals surface area (Å²) in [7, 11) is 2.11.